The molecule has 15 nitrogen and oxygen atoms in total. The molecule has 1 saturated heterocycles. The third kappa shape index (κ3) is 8.65. The van der Waals surface area contributed by atoms with Gasteiger partial charge in [-0.3, -0.25) is 19.0 Å². The molecule has 1 fully saturated rings. The van der Waals surface area contributed by atoms with Crippen LogP contribution < -0.4 is 20.9 Å². The molecule has 1 aliphatic rings. The Labute approximate surface area is 332 Å². The van der Waals surface area contributed by atoms with E-state index in [0.29, 0.717) is 73.3 Å². The number of nitrogens with zero attached hydrogens (tertiary/aromatic N) is 6. The average molecular weight is 806 g/mol. The summed E-state index contributed by atoms with van der Waals surface area (Å²) in [6.45, 7) is 0.465. The normalized spacial score (nSPS) is 14.5. The number of aliphatic hydroxyl groups is 1. The van der Waals surface area contributed by atoms with Crippen LogP contribution >= 0.6 is 23.2 Å². The van der Waals surface area contributed by atoms with Crippen molar-refractivity contribution in [2.75, 3.05) is 34.3 Å². The highest BCUT2D eigenvalue weighted by Gasteiger charge is 2.27. The standard InChI is InChI=1S/C39H42Cl2N8O7/c1-46(2)34(52)16-25(50)17-42-18-32-45-49-20-23(15-31(49)38(53)47(32)3)26-7-5-8-27(35(26)40)28-9-6-10-29(36(28)41)30-13-11-22(37(44-30)56-4)19-48(39(54)55)21-24-12-14-33(51)43-24/h5-11,13,15,20,24-25,42,50H,12,14,16-19,21H2,1-4H3,(H,43,51)(H,54,55)/t24-,25?/m0/s1. The van der Waals surface area contributed by atoms with E-state index in [1.165, 1.54) is 26.0 Å². The minimum absolute atomic E-state index is 0.00771. The van der Waals surface area contributed by atoms with Gasteiger partial charge in [0.2, 0.25) is 17.7 Å². The van der Waals surface area contributed by atoms with Crippen molar-refractivity contribution in [3.63, 3.8) is 0 Å². The maximum Gasteiger partial charge on any atom is 0.407 e. The monoisotopic (exact) mass is 804 g/mol. The van der Waals surface area contributed by atoms with Crippen LogP contribution in [0, 0.1) is 0 Å². The van der Waals surface area contributed by atoms with Gasteiger partial charge in [-0.15, -0.1) is 0 Å². The van der Waals surface area contributed by atoms with Gasteiger partial charge in [0.25, 0.3) is 5.56 Å². The molecule has 5 aromatic rings. The first-order chi connectivity index (χ1) is 26.7. The summed E-state index contributed by atoms with van der Waals surface area (Å²) in [6, 6.07) is 16.0. The number of rotatable bonds is 14. The van der Waals surface area contributed by atoms with Gasteiger partial charge in [-0.2, -0.15) is 5.10 Å². The van der Waals surface area contributed by atoms with Crippen molar-refractivity contribution in [2.24, 2.45) is 7.05 Å². The number of hydrogen-bond acceptors (Lipinski definition) is 9. The van der Waals surface area contributed by atoms with Gasteiger partial charge in [-0.25, -0.2) is 14.3 Å². The summed E-state index contributed by atoms with van der Waals surface area (Å²) >= 11 is 14.2. The van der Waals surface area contributed by atoms with E-state index in [-0.39, 0.29) is 61.9 Å². The molecule has 294 valence electrons. The van der Waals surface area contributed by atoms with Crippen LogP contribution in [0.2, 0.25) is 10.0 Å². The van der Waals surface area contributed by atoms with E-state index in [1.54, 1.807) is 45.5 Å². The van der Waals surface area contributed by atoms with Crippen LogP contribution in [-0.4, -0.2) is 104 Å². The van der Waals surface area contributed by atoms with Crippen molar-refractivity contribution in [1.29, 1.82) is 0 Å². The quantitative estimate of drug-likeness (QED) is 0.125. The van der Waals surface area contributed by atoms with E-state index >= 15 is 0 Å². The number of ether oxygens (including phenoxy) is 1. The molecule has 1 unspecified atom stereocenters. The first-order valence-corrected chi connectivity index (χ1v) is 18.6. The van der Waals surface area contributed by atoms with Gasteiger partial charge < -0.3 is 35.4 Å². The third-order valence-electron chi connectivity index (χ3n) is 9.67. The summed E-state index contributed by atoms with van der Waals surface area (Å²) < 4.78 is 8.52. The number of aliphatic hydroxyl groups excluding tert-OH is 1. The molecular formula is C39H42Cl2N8O7. The zero-order chi connectivity index (χ0) is 40.3. The predicted molar refractivity (Wildman–Crippen MR) is 212 cm³/mol. The second-order valence-electron chi connectivity index (χ2n) is 13.8. The fraction of sp³-hybridized carbons (Fsp3) is 0.333. The number of nitrogens with one attached hydrogen (secondary N) is 2. The van der Waals surface area contributed by atoms with Gasteiger partial charge in [-0.1, -0.05) is 59.6 Å². The Hall–Kier alpha value is -5.48. The summed E-state index contributed by atoms with van der Waals surface area (Å²) in [7, 11) is 6.33. The summed E-state index contributed by atoms with van der Waals surface area (Å²) in [4.78, 5) is 56.4. The molecule has 4 N–H and O–H groups in total. The molecule has 56 heavy (non-hydrogen) atoms. The summed E-state index contributed by atoms with van der Waals surface area (Å²) in [5.74, 6) is 0.378. The molecular weight excluding hydrogens is 763 g/mol. The van der Waals surface area contributed by atoms with Crippen LogP contribution in [0.25, 0.3) is 39.0 Å². The molecule has 0 aliphatic carbocycles. The van der Waals surface area contributed by atoms with E-state index < -0.39 is 12.2 Å². The Morgan fingerprint density at radius 2 is 1.73 bits per heavy atom. The van der Waals surface area contributed by atoms with E-state index in [2.05, 4.69) is 20.7 Å². The maximum atomic E-state index is 13.4. The van der Waals surface area contributed by atoms with Crippen LogP contribution in [0.15, 0.2) is 65.6 Å². The van der Waals surface area contributed by atoms with Gasteiger partial charge in [-0.05, 0) is 24.6 Å². The maximum absolute atomic E-state index is 13.4. The number of hydrogen-bond donors (Lipinski definition) is 4. The Balaban J connectivity index is 1.25. The molecule has 1 aliphatic heterocycles. The van der Waals surface area contributed by atoms with E-state index in [4.69, 9.17) is 27.9 Å². The summed E-state index contributed by atoms with van der Waals surface area (Å²) in [5.41, 5.74) is 4.29. The first kappa shape index (κ1) is 40.2. The number of fused-ring (bicyclic) bond motifs is 1. The van der Waals surface area contributed by atoms with Crippen molar-refractivity contribution in [2.45, 2.75) is 44.5 Å². The number of carbonyl (C=O) groups excluding carboxylic acids is 2. The lowest BCUT2D eigenvalue weighted by Crippen LogP contribution is -2.41. The van der Waals surface area contributed by atoms with E-state index in [1.807, 2.05) is 36.4 Å². The Kier molecular flexibility index (Phi) is 12.3. The topological polar surface area (TPSA) is 184 Å². The Morgan fingerprint density at radius 3 is 2.38 bits per heavy atom. The highest BCUT2D eigenvalue weighted by atomic mass is 35.5. The van der Waals surface area contributed by atoms with Gasteiger partial charge in [0.1, 0.15) is 11.3 Å². The lowest BCUT2D eigenvalue weighted by Gasteiger charge is -2.23. The summed E-state index contributed by atoms with van der Waals surface area (Å²) in [6.07, 6.45) is 0.608. The number of pyridine rings is 1. The van der Waals surface area contributed by atoms with Crippen molar-refractivity contribution in [3.05, 3.63) is 92.6 Å². The molecule has 2 atom stereocenters. The zero-order valence-corrected chi connectivity index (χ0v) is 32.8. The minimum Gasteiger partial charge on any atom is -0.481 e. The van der Waals surface area contributed by atoms with Crippen molar-refractivity contribution in [3.8, 4) is 39.4 Å². The van der Waals surface area contributed by atoms with Crippen LogP contribution in [0.1, 0.15) is 30.7 Å². The molecule has 0 radical (unpaired) electrons. The van der Waals surface area contributed by atoms with Crippen molar-refractivity contribution < 1.29 is 29.3 Å². The number of carbonyl (C=O) groups is 3. The van der Waals surface area contributed by atoms with Gasteiger partial charge >= 0.3 is 6.09 Å². The Bertz CT molecular complexity index is 2360. The zero-order valence-electron chi connectivity index (χ0n) is 31.3. The first-order valence-electron chi connectivity index (χ1n) is 17.8. The molecule has 3 amide bonds. The molecule has 2 aromatic carbocycles. The second-order valence-corrected chi connectivity index (χ2v) is 14.5. The third-order valence-corrected chi connectivity index (χ3v) is 10.5. The molecule has 17 heteroatoms. The van der Waals surface area contributed by atoms with E-state index in [9.17, 15) is 29.4 Å². The molecule has 0 saturated carbocycles. The van der Waals surface area contributed by atoms with Crippen molar-refractivity contribution >= 4 is 46.6 Å². The lowest BCUT2D eigenvalue weighted by molar-refractivity contribution is -0.130. The molecule has 6 rings (SSSR count). The van der Waals surface area contributed by atoms with Gasteiger partial charge in [0.05, 0.1) is 48.5 Å². The lowest BCUT2D eigenvalue weighted by atomic mass is 9.97. The fourth-order valence-electron chi connectivity index (χ4n) is 6.60. The average Bonchev–Trinajstić information content (AvgIpc) is 3.79. The number of halogens is 2. The smallest absolute Gasteiger partial charge is 0.407 e. The van der Waals surface area contributed by atoms with Gasteiger partial charge in [0, 0.05) is 86.3 Å². The van der Waals surface area contributed by atoms with Crippen LogP contribution in [0.5, 0.6) is 5.88 Å². The minimum atomic E-state index is -1.12. The molecule has 0 bridgehead atoms. The second kappa shape index (κ2) is 17.1. The number of carboxylic acid groups (broad SMARTS) is 1. The van der Waals surface area contributed by atoms with Crippen LogP contribution in [0.4, 0.5) is 4.79 Å². The number of aromatic nitrogens is 4. The van der Waals surface area contributed by atoms with Gasteiger partial charge in [0.15, 0.2) is 0 Å². The van der Waals surface area contributed by atoms with Crippen molar-refractivity contribution in [1.82, 2.24) is 39.6 Å². The highest BCUT2D eigenvalue weighted by Crippen LogP contribution is 2.42. The Morgan fingerprint density at radius 1 is 1.05 bits per heavy atom. The number of methoxy groups -OCH3 is 1. The molecule has 3 aromatic heterocycles. The number of amides is 3. The molecule has 0 spiro atoms. The fourth-order valence-corrected chi connectivity index (χ4v) is 7.26. The number of benzene rings is 2. The van der Waals surface area contributed by atoms with E-state index in [0.717, 1.165) is 0 Å². The highest BCUT2D eigenvalue weighted by molar-refractivity contribution is 6.39. The SMILES string of the molecule is COc1nc(-c2cccc(-c3cccc(-c4cc5c(=O)n(C)c(CNCC(O)CC(=O)N(C)C)nn5c4)c3Cl)c2Cl)ccc1CN(C[C@@H]1CCC(=O)N1)C(=O)O. The largest absolute Gasteiger partial charge is 0.481 e. The van der Waals surface area contributed by atoms with Crippen LogP contribution in [-0.2, 0) is 29.7 Å². The predicted octanol–water partition coefficient (Wildman–Crippen LogP) is 4.43. The van der Waals surface area contributed by atoms with Crippen LogP contribution in [0.3, 0.4) is 0 Å². The summed E-state index contributed by atoms with van der Waals surface area (Å²) in [5, 5.41) is 31.4. The molecule has 4 heterocycles.